The summed E-state index contributed by atoms with van der Waals surface area (Å²) in [7, 11) is 0. The highest BCUT2D eigenvalue weighted by Gasteiger charge is 2.40. The van der Waals surface area contributed by atoms with Gasteiger partial charge in [-0.3, -0.25) is 9.59 Å². The fourth-order valence-electron chi connectivity index (χ4n) is 4.72. The van der Waals surface area contributed by atoms with Gasteiger partial charge in [-0.05, 0) is 40.8 Å². The van der Waals surface area contributed by atoms with Gasteiger partial charge in [0.15, 0.2) is 0 Å². The smallest absolute Gasteiger partial charge is 0.407 e. The maximum atomic E-state index is 12.8. The van der Waals surface area contributed by atoms with Crippen molar-refractivity contribution in [2.75, 3.05) is 6.61 Å². The maximum absolute atomic E-state index is 12.8. The monoisotopic (exact) mass is 484 g/mol. The average Bonchev–Trinajstić information content (AvgIpc) is 3.34. The SMILES string of the molecule is CCC[C@H](NC(=O)OCC1c2ccccc2-c2ccccc21)C(=O)ON1C(=O)c2ccccc2C1=O. The normalized spacial score (nSPS) is 14.6. The molecule has 36 heavy (non-hydrogen) atoms. The zero-order valence-electron chi connectivity index (χ0n) is 19.6. The van der Waals surface area contributed by atoms with Gasteiger partial charge in [0, 0.05) is 5.92 Å². The van der Waals surface area contributed by atoms with Crippen LogP contribution in [0.4, 0.5) is 4.79 Å². The Morgan fingerprint density at radius 3 is 1.86 bits per heavy atom. The maximum Gasteiger partial charge on any atom is 0.407 e. The van der Waals surface area contributed by atoms with Crippen LogP contribution in [0.2, 0.25) is 0 Å². The molecule has 1 aliphatic heterocycles. The van der Waals surface area contributed by atoms with Gasteiger partial charge in [-0.15, -0.1) is 0 Å². The van der Waals surface area contributed by atoms with Crippen molar-refractivity contribution in [3.63, 3.8) is 0 Å². The van der Waals surface area contributed by atoms with Crippen molar-refractivity contribution in [2.24, 2.45) is 0 Å². The minimum Gasteiger partial charge on any atom is -0.449 e. The van der Waals surface area contributed by atoms with E-state index in [1.807, 2.05) is 55.5 Å². The Morgan fingerprint density at radius 1 is 0.833 bits per heavy atom. The number of nitrogens with one attached hydrogen (secondary N) is 1. The third-order valence-electron chi connectivity index (χ3n) is 6.44. The van der Waals surface area contributed by atoms with Crippen molar-refractivity contribution in [1.82, 2.24) is 10.4 Å². The number of amides is 3. The van der Waals surface area contributed by atoms with Crippen molar-refractivity contribution >= 4 is 23.9 Å². The van der Waals surface area contributed by atoms with Gasteiger partial charge in [-0.1, -0.05) is 79.1 Å². The first kappa shape index (κ1) is 23.3. The number of hydrogen-bond donors (Lipinski definition) is 1. The number of benzene rings is 3. The van der Waals surface area contributed by atoms with Crippen LogP contribution in [-0.2, 0) is 14.4 Å². The zero-order chi connectivity index (χ0) is 25.2. The first-order valence-electron chi connectivity index (χ1n) is 11.8. The molecule has 3 aromatic rings. The summed E-state index contributed by atoms with van der Waals surface area (Å²) < 4.78 is 5.52. The number of rotatable bonds is 7. The number of hydroxylamine groups is 2. The van der Waals surface area contributed by atoms with Gasteiger partial charge in [0.1, 0.15) is 12.6 Å². The predicted molar refractivity (Wildman–Crippen MR) is 130 cm³/mol. The van der Waals surface area contributed by atoms with E-state index < -0.39 is 29.9 Å². The fourth-order valence-corrected chi connectivity index (χ4v) is 4.72. The number of hydrogen-bond acceptors (Lipinski definition) is 6. The third-order valence-corrected chi connectivity index (χ3v) is 6.44. The minimum absolute atomic E-state index is 0.0894. The van der Waals surface area contributed by atoms with Crippen LogP contribution < -0.4 is 5.32 Å². The highest BCUT2D eigenvalue weighted by molar-refractivity contribution is 6.20. The number of nitrogens with zero attached hydrogens (tertiary/aromatic N) is 1. The molecular formula is C28H24N2O6. The highest BCUT2D eigenvalue weighted by Crippen LogP contribution is 2.44. The Labute approximate surface area is 207 Å². The van der Waals surface area contributed by atoms with Gasteiger partial charge < -0.3 is 14.9 Å². The van der Waals surface area contributed by atoms with E-state index >= 15 is 0 Å². The van der Waals surface area contributed by atoms with E-state index in [1.165, 1.54) is 12.1 Å². The van der Waals surface area contributed by atoms with Crippen LogP contribution in [0.5, 0.6) is 0 Å². The summed E-state index contributed by atoms with van der Waals surface area (Å²) in [6.07, 6.45) is 0.00667. The molecule has 0 saturated heterocycles. The molecule has 0 bridgehead atoms. The average molecular weight is 485 g/mol. The molecule has 182 valence electrons. The van der Waals surface area contributed by atoms with E-state index in [0.717, 1.165) is 22.3 Å². The summed E-state index contributed by atoms with van der Waals surface area (Å²) in [4.78, 5) is 55.6. The van der Waals surface area contributed by atoms with E-state index in [2.05, 4.69) is 5.32 Å². The highest BCUT2D eigenvalue weighted by atomic mass is 16.7. The second-order valence-corrected chi connectivity index (χ2v) is 8.67. The molecule has 1 aliphatic carbocycles. The molecule has 1 heterocycles. The van der Waals surface area contributed by atoms with Crippen molar-refractivity contribution < 1.29 is 28.8 Å². The second kappa shape index (κ2) is 9.65. The quantitative estimate of drug-likeness (QED) is 0.497. The molecule has 5 rings (SSSR count). The number of carbonyl (C=O) groups excluding carboxylic acids is 4. The van der Waals surface area contributed by atoms with Crippen LogP contribution in [-0.4, -0.2) is 41.6 Å². The molecule has 0 spiro atoms. The molecule has 8 nitrogen and oxygen atoms in total. The first-order chi connectivity index (χ1) is 17.5. The lowest BCUT2D eigenvalue weighted by Crippen LogP contribution is -2.45. The van der Waals surface area contributed by atoms with E-state index in [-0.39, 0.29) is 30.1 Å². The lowest BCUT2D eigenvalue weighted by atomic mass is 9.98. The van der Waals surface area contributed by atoms with Gasteiger partial charge >= 0.3 is 12.1 Å². The molecule has 2 aliphatic rings. The molecule has 1 atom stereocenters. The largest absolute Gasteiger partial charge is 0.449 e. The topological polar surface area (TPSA) is 102 Å². The van der Waals surface area contributed by atoms with Crippen LogP contribution in [0.15, 0.2) is 72.8 Å². The van der Waals surface area contributed by atoms with Gasteiger partial charge in [-0.2, -0.15) is 0 Å². The lowest BCUT2D eigenvalue weighted by molar-refractivity contribution is -0.171. The molecule has 0 radical (unpaired) electrons. The molecule has 3 aromatic carbocycles. The van der Waals surface area contributed by atoms with Gasteiger partial charge in [0.05, 0.1) is 11.1 Å². The number of ether oxygens (including phenoxy) is 1. The Kier molecular flexibility index (Phi) is 6.25. The lowest BCUT2D eigenvalue weighted by Gasteiger charge is -2.20. The molecule has 0 fully saturated rings. The van der Waals surface area contributed by atoms with E-state index in [4.69, 9.17) is 9.57 Å². The predicted octanol–water partition coefficient (Wildman–Crippen LogP) is 4.45. The fraction of sp³-hybridized carbons (Fsp3) is 0.214. The van der Waals surface area contributed by atoms with E-state index in [9.17, 15) is 19.2 Å². The summed E-state index contributed by atoms with van der Waals surface area (Å²) in [5, 5.41) is 2.97. The zero-order valence-corrected chi connectivity index (χ0v) is 19.6. The molecule has 1 N–H and O–H groups in total. The van der Waals surface area contributed by atoms with Crippen molar-refractivity contribution in [3.05, 3.63) is 95.1 Å². The number of alkyl carbamates (subject to hydrolysis) is 1. The molecule has 8 heteroatoms. The molecule has 0 unspecified atom stereocenters. The van der Waals surface area contributed by atoms with Crippen LogP contribution in [0.3, 0.4) is 0 Å². The summed E-state index contributed by atoms with van der Waals surface area (Å²) in [6.45, 7) is 1.92. The Bertz CT molecular complexity index is 1290. The van der Waals surface area contributed by atoms with Crippen molar-refractivity contribution in [2.45, 2.75) is 31.7 Å². The second-order valence-electron chi connectivity index (χ2n) is 8.67. The standard InChI is InChI=1S/C28H24N2O6/c1-2-9-24(27(33)36-30-25(31)21-14-7-8-15-22(21)26(30)32)29-28(34)35-16-23-19-12-5-3-10-17(19)18-11-4-6-13-20(18)23/h3-8,10-15,23-24H,2,9,16H2,1H3,(H,29,34)/t24-/m0/s1. The Hall–Kier alpha value is -4.46. The van der Waals surface area contributed by atoms with Crippen LogP contribution in [0.25, 0.3) is 11.1 Å². The third kappa shape index (κ3) is 4.11. The van der Waals surface area contributed by atoms with Crippen LogP contribution in [0, 0.1) is 0 Å². The molecular weight excluding hydrogens is 460 g/mol. The van der Waals surface area contributed by atoms with Crippen LogP contribution >= 0.6 is 0 Å². The molecule has 0 saturated carbocycles. The number of carbonyl (C=O) groups is 4. The summed E-state index contributed by atoms with van der Waals surface area (Å²) >= 11 is 0. The first-order valence-corrected chi connectivity index (χ1v) is 11.8. The molecule has 0 aromatic heterocycles. The van der Waals surface area contributed by atoms with Gasteiger partial charge in [-0.25, -0.2) is 9.59 Å². The van der Waals surface area contributed by atoms with Gasteiger partial charge in [0.25, 0.3) is 11.8 Å². The Morgan fingerprint density at radius 2 is 1.33 bits per heavy atom. The Balaban J connectivity index is 1.24. The number of imide groups is 1. The number of fused-ring (bicyclic) bond motifs is 4. The van der Waals surface area contributed by atoms with E-state index in [0.29, 0.717) is 11.5 Å². The van der Waals surface area contributed by atoms with Crippen molar-refractivity contribution in [1.29, 1.82) is 0 Å². The molecule has 3 amide bonds. The van der Waals surface area contributed by atoms with E-state index in [1.54, 1.807) is 12.1 Å². The summed E-state index contributed by atoms with van der Waals surface area (Å²) in [6, 6.07) is 21.1. The van der Waals surface area contributed by atoms with Crippen LogP contribution in [0.1, 0.15) is 57.5 Å². The summed E-state index contributed by atoms with van der Waals surface area (Å²) in [5.41, 5.74) is 4.67. The van der Waals surface area contributed by atoms with Gasteiger partial charge in [0.2, 0.25) is 0 Å². The minimum atomic E-state index is -1.09. The van der Waals surface area contributed by atoms with Crippen molar-refractivity contribution in [3.8, 4) is 11.1 Å². The summed E-state index contributed by atoms with van der Waals surface area (Å²) in [5.74, 6) is -2.49.